The Bertz CT molecular complexity index is 901. The molecule has 2 aliphatic heterocycles. The topological polar surface area (TPSA) is 65.5 Å². The van der Waals surface area contributed by atoms with E-state index in [1.165, 1.54) is 12.5 Å². The summed E-state index contributed by atoms with van der Waals surface area (Å²) >= 11 is 0. The summed E-state index contributed by atoms with van der Waals surface area (Å²) in [5.74, 6) is 1.44. The van der Waals surface area contributed by atoms with Gasteiger partial charge in [-0.1, -0.05) is 36.8 Å². The molecule has 2 saturated heterocycles. The summed E-state index contributed by atoms with van der Waals surface area (Å²) in [5.41, 5.74) is 2.04. The largest absolute Gasteiger partial charge is 0.350 e. The predicted octanol–water partition coefficient (Wildman–Crippen LogP) is 3.88. The fourth-order valence-electron chi connectivity index (χ4n) is 4.97. The highest BCUT2D eigenvalue weighted by Crippen LogP contribution is 2.35. The minimum atomic E-state index is -0.0951. The number of likely N-dealkylation sites (tertiary alicyclic amines) is 1. The molecular formula is C25H32N4O2. The molecule has 0 spiro atoms. The molecule has 2 amide bonds. The van der Waals surface area contributed by atoms with E-state index < -0.39 is 0 Å². The number of aryl methyl sites for hydroxylation is 1. The number of carbonyl (C=O) groups excluding carboxylic acids is 2. The number of benzene rings is 1. The molecule has 2 fully saturated rings. The number of amides is 2. The Labute approximate surface area is 184 Å². The molecule has 0 aliphatic carbocycles. The number of carbonyl (C=O) groups is 2. The van der Waals surface area contributed by atoms with Crippen LogP contribution in [0.2, 0.25) is 0 Å². The third-order valence-electron chi connectivity index (χ3n) is 6.45. The Morgan fingerprint density at radius 2 is 1.94 bits per heavy atom. The summed E-state index contributed by atoms with van der Waals surface area (Å²) in [6, 6.07) is 14.4. The van der Waals surface area contributed by atoms with E-state index in [2.05, 4.69) is 32.2 Å². The van der Waals surface area contributed by atoms with Crippen molar-refractivity contribution in [1.82, 2.24) is 9.88 Å². The van der Waals surface area contributed by atoms with Crippen LogP contribution in [0.5, 0.6) is 0 Å². The van der Waals surface area contributed by atoms with Crippen molar-refractivity contribution in [2.24, 2.45) is 5.92 Å². The molecule has 1 aromatic heterocycles. The number of hydrogen-bond donors (Lipinski definition) is 1. The van der Waals surface area contributed by atoms with Gasteiger partial charge in [0.15, 0.2) is 5.82 Å². The fourth-order valence-corrected chi connectivity index (χ4v) is 4.97. The van der Waals surface area contributed by atoms with Crippen LogP contribution < -0.4 is 10.2 Å². The SMILES string of the molecule is CC(=O)Nc1cccnc1N1CCCC[C@@H]2CN(C(=O)CCCc3ccccc3)C[C@@H]21. The van der Waals surface area contributed by atoms with Crippen molar-refractivity contribution < 1.29 is 9.59 Å². The highest BCUT2D eigenvalue weighted by atomic mass is 16.2. The van der Waals surface area contributed by atoms with E-state index in [4.69, 9.17) is 0 Å². The van der Waals surface area contributed by atoms with Gasteiger partial charge in [-0.05, 0) is 49.3 Å². The third-order valence-corrected chi connectivity index (χ3v) is 6.45. The molecule has 6 heteroatoms. The van der Waals surface area contributed by atoms with Crippen LogP contribution in [0.4, 0.5) is 11.5 Å². The summed E-state index contributed by atoms with van der Waals surface area (Å²) in [6.45, 7) is 3.99. The Morgan fingerprint density at radius 1 is 1.10 bits per heavy atom. The lowest BCUT2D eigenvalue weighted by Crippen LogP contribution is -2.42. The van der Waals surface area contributed by atoms with Gasteiger partial charge in [0.25, 0.3) is 0 Å². The Kier molecular flexibility index (Phi) is 6.85. The predicted molar refractivity (Wildman–Crippen MR) is 123 cm³/mol. The van der Waals surface area contributed by atoms with Crippen LogP contribution in [-0.4, -0.2) is 47.4 Å². The van der Waals surface area contributed by atoms with Gasteiger partial charge in [0.2, 0.25) is 11.8 Å². The molecule has 3 heterocycles. The zero-order chi connectivity index (χ0) is 21.6. The molecule has 0 unspecified atom stereocenters. The molecule has 1 N–H and O–H groups in total. The van der Waals surface area contributed by atoms with Crippen molar-refractivity contribution in [1.29, 1.82) is 0 Å². The first kappa shape index (κ1) is 21.3. The number of nitrogens with zero attached hydrogens (tertiary/aromatic N) is 3. The maximum atomic E-state index is 13.0. The van der Waals surface area contributed by atoms with E-state index in [1.54, 1.807) is 6.20 Å². The minimum Gasteiger partial charge on any atom is -0.350 e. The standard InChI is InChI=1S/C25H32N4O2/c1-19(30)27-22-13-8-15-26-25(22)29-16-6-5-12-21-17-28(18-23(21)29)24(31)14-7-11-20-9-3-2-4-10-20/h2-4,8-10,13,15,21,23H,5-7,11-12,14,16-18H2,1H3,(H,27,30)/t21-,23+/m1/s1. The zero-order valence-electron chi connectivity index (χ0n) is 18.3. The van der Waals surface area contributed by atoms with Gasteiger partial charge in [-0.2, -0.15) is 0 Å². The maximum Gasteiger partial charge on any atom is 0.222 e. The van der Waals surface area contributed by atoms with Crippen LogP contribution in [0.25, 0.3) is 0 Å². The van der Waals surface area contributed by atoms with Gasteiger partial charge < -0.3 is 15.1 Å². The van der Waals surface area contributed by atoms with Crippen LogP contribution in [0.15, 0.2) is 48.7 Å². The number of nitrogens with one attached hydrogen (secondary N) is 1. The normalized spacial score (nSPS) is 20.8. The Balaban J connectivity index is 1.42. The number of hydrogen-bond acceptors (Lipinski definition) is 4. The molecule has 0 saturated carbocycles. The van der Waals surface area contributed by atoms with Crippen LogP contribution in [0, 0.1) is 5.92 Å². The summed E-state index contributed by atoms with van der Waals surface area (Å²) in [5, 5.41) is 2.92. The van der Waals surface area contributed by atoms with Crippen LogP contribution in [0.3, 0.4) is 0 Å². The van der Waals surface area contributed by atoms with Crippen molar-refractivity contribution in [3.63, 3.8) is 0 Å². The first-order chi connectivity index (χ1) is 15.1. The van der Waals surface area contributed by atoms with Crippen molar-refractivity contribution in [3.8, 4) is 0 Å². The Hall–Kier alpha value is -2.89. The quantitative estimate of drug-likeness (QED) is 0.770. The highest BCUT2D eigenvalue weighted by Gasteiger charge is 2.40. The number of aromatic nitrogens is 1. The van der Waals surface area contributed by atoms with E-state index in [0.717, 1.165) is 63.2 Å². The van der Waals surface area contributed by atoms with Crippen molar-refractivity contribution in [3.05, 3.63) is 54.2 Å². The highest BCUT2D eigenvalue weighted by molar-refractivity contribution is 5.92. The monoisotopic (exact) mass is 420 g/mol. The van der Waals surface area contributed by atoms with Gasteiger partial charge in [-0.3, -0.25) is 9.59 Å². The van der Waals surface area contributed by atoms with Crippen LogP contribution in [0.1, 0.15) is 44.6 Å². The second kappa shape index (κ2) is 9.94. The summed E-state index contributed by atoms with van der Waals surface area (Å²) in [7, 11) is 0. The van der Waals surface area contributed by atoms with Gasteiger partial charge in [0, 0.05) is 39.2 Å². The van der Waals surface area contributed by atoms with Gasteiger partial charge in [0.05, 0.1) is 11.7 Å². The first-order valence-electron chi connectivity index (χ1n) is 11.4. The third kappa shape index (κ3) is 5.24. The van der Waals surface area contributed by atoms with Gasteiger partial charge in [0.1, 0.15) is 0 Å². The van der Waals surface area contributed by atoms with E-state index >= 15 is 0 Å². The molecule has 6 nitrogen and oxygen atoms in total. The average Bonchev–Trinajstić information content (AvgIpc) is 3.09. The van der Waals surface area contributed by atoms with Crippen molar-refractivity contribution in [2.45, 2.75) is 51.5 Å². The van der Waals surface area contributed by atoms with Crippen LogP contribution in [-0.2, 0) is 16.0 Å². The molecule has 0 bridgehead atoms. The first-order valence-corrected chi connectivity index (χ1v) is 11.4. The molecule has 2 atom stereocenters. The van der Waals surface area contributed by atoms with E-state index in [9.17, 15) is 9.59 Å². The minimum absolute atomic E-state index is 0.0951. The molecule has 1 aromatic carbocycles. The molecule has 4 rings (SSSR count). The number of rotatable bonds is 6. The average molecular weight is 421 g/mol. The van der Waals surface area contributed by atoms with E-state index in [1.807, 2.05) is 30.3 Å². The smallest absolute Gasteiger partial charge is 0.222 e. The zero-order valence-corrected chi connectivity index (χ0v) is 18.3. The van der Waals surface area contributed by atoms with Gasteiger partial charge in [-0.15, -0.1) is 0 Å². The summed E-state index contributed by atoms with van der Waals surface area (Å²) in [6.07, 6.45) is 7.59. The number of fused-ring (bicyclic) bond motifs is 1. The number of pyridine rings is 1. The molecule has 2 aromatic rings. The van der Waals surface area contributed by atoms with Crippen molar-refractivity contribution >= 4 is 23.3 Å². The maximum absolute atomic E-state index is 13.0. The molecular weight excluding hydrogens is 388 g/mol. The van der Waals surface area contributed by atoms with Gasteiger partial charge >= 0.3 is 0 Å². The van der Waals surface area contributed by atoms with E-state index in [-0.39, 0.29) is 17.9 Å². The molecule has 0 radical (unpaired) electrons. The summed E-state index contributed by atoms with van der Waals surface area (Å²) < 4.78 is 0. The second-order valence-corrected chi connectivity index (χ2v) is 8.71. The summed E-state index contributed by atoms with van der Waals surface area (Å²) in [4.78, 5) is 33.6. The second-order valence-electron chi connectivity index (χ2n) is 8.71. The van der Waals surface area contributed by atoms with Gasteiger partial charge in [-0.25, -0.2) is 4.98 Å². The lowest BCUT2D eigenvalue weighted by molar-refractivity contribution is -0.130. The van der Waals surface area contributed by atoms with Crippen LogP contribution >= 0.6 is 0 Å². The lowest BCUT2D eigenvalue weighted by atomic mass is 9.98. The lowest BCUT2D eigenvalue weighted by Gasteiger charge is -2.32. The molecule has 164 valence electrons. The molecule has 2 aliphatic rings. The van der Waals surface area contributed by atoms with Crippen molar-refractivity contribution in [2.75, 3.05) is 29.9 Å². The Morgan fingerprint density at radius 3 is 2.74 bits per heavy atom. The fraction of sp³-hybridized carbons (Fsp3) is 0.480. The van der Waals surface area contributed by atoms with E-state index in [0.29, 0.717) is 12.3 Å². The number of anilines is 2. The molecule has 31 heavy (non-hydrogen) atoms.